The van der Waals surface area contributed by atoms with Gasteiger partial charge in [0.05, 0.1) is 4.90 Å². The Balaban J connectivity index is 0.00000208. The van der Waals surface area contributed by atoms with Crippen molar-refractivity contribution in [2.45, 2.75) is 24.3 Å². The van der Waals surface area contributed by atoms with Gasteiger partial charge in [0.15, 0.2) is 0 Å². The Morgan fingerprint density at radius 3 is 2.75 bits per heavy atom. The minimum absolute atomic E-state index is 0. The van der Waals surface area contributed by atoms with Crippen molar-refractivity contribution in [1.82, 2.24) is 10.0 Å². The average Bonchev–Trinajstić information content (AvgIpc) is 2.52. The van der Waals surface area contributed by atoms with Crippen molar-refractivity contribution in [1.29, 1.82) is 0 Å². The van der Waals surface area contributed by atoms with Crippen LogP contribution in [0.15, 0.2) is 51.8 Å². The SMILES string of the molecule is Cc1ccc(S(=O)(=O)NCC2NCCc3ccccc32)c(Br)c1.Cl. The third-order valence-electron chi connectivity index (χ3n) is 4.07. The molecule has 7 heteroatoms. The molecule has 24 heavy (non-hydrogen) atoms. The van der Waals surface area contributed by atoms with Crippen LogP contribution in [0.25, 0.3) is 0 Å². The second-order valence-corrected chi connectivity index (χ2v) is 8.33. The number of halogens is 2. The van der Waals surface area contributed by atoms with Gasteiger partial charge in [0, 0.05) is 17.1 Å². The standard InChI is InChI=1S/C17H19BrN2O2S.ClH/c1-12-6-7-17(15(18)10-12)23(21,22)20-11-16-14-5-3-2-4-13(14)8-9-19-16;/h2-7,10,16,19-20H,8-9,11H2,1H3;1H. The summed E-state index contributed by atoms with van der Waals surface area (Å²) in [6, 6.07) is 13.4. The van der Waals surface area contributed by atoms with Gasteiger partial charge in [0.1, 0.15) is 0 Å². The highest BCUT2D eigenvalue weighted by molar-refractivity contribution is 9.10. The predicted octanol–water partition coefficient (Wildman–Crippen LogP) is 3.34. The Morgan fingerprint density at radius 2 is 2.00 bits per heavy atom. The van der Waals surface area contributed by atoms with Crippen molar-refractivity contribution >= 4 is 38.4 Å². The molecule has 0 saturated carbocycles. The van der Waals surface area contributed by atoms with Gasteiger partial charge in [-0.3, -0.25) is 0 Å². The van der Waals surface area contributed by atoms with Gasteiger partial charge in [-0.2, -0.15) is 0 Å². The predicted molar refractivity (Wildman–Crippen MR) is 102 cm³/mol. The molecule has 0 saturated heterocycles. The van der Waals surface area contributed by atoms with E-state index in [2.05, 4.69) is 38.1 Å². The zero-order valence-corrected chi connectivity index (χ0v) is 16.5. The molecule has 130 valence electrons. The topological polar surface area (TPSA) is 58.2 Å². The van der Waals surface area contributed by atoms with Crippen LogP contribution in [0, 0.1) is 6.92 Å². The van der Waals surface area contributed by atoms with Gasteiger partial charge < -0.3 is 5.32 Å². The van der Waals surface area contributed by atoms with Gasteiger partial charge in [-0.15, -0.1) is 12.4 Å². The van der Waals surface area contributed by atoms with Gasteiger partial charge in [0.25, 0.3) is 0 Å². The Labute approximate surface area is 157 Å². The molecule has 0 fully saturated rings. The molecule has 0 aromatic heterocycles. The Bertz CT molecular complexity index is 827. The Kier molecular flexibility index (Phi) is 6.45. The van der Waals surface area contributed by atoms with E-state index >= 15 is 0 Å². The van der Waals surface area contributed by atoms with Crippen LogP contribution in [0.2, 0.25) is 0 Å². The minimum atomic E-state index is -3.55. The molecule has 1 heterocycles. The largest absolute Gasteiger partial charge is 0.308 e. The van der Waals surface area contributed by atoms with Gasteiger partial charge >= 0.3 is 0 Å². The van der Waals surface area contributed by atoms with Crippen LogP contribution in [0.5, 0.6) is 0 Å². The highest BCUT2D eigenvalue weighted by atomic mass is 79.9. The minimum Gasteiger partial charge on any atom is -0.308 e. The number of nitrogens with one attached hydrogen (secondary N) is 2. The van der Waals surface area contributed by atoms with E-state index < -0.39 is 10.0 Å². The van der Waals surface area contributed by atoms with E-state index in [1.807, 2.05) is 25.1 Å². The summed E-state index contributed by atoms with van der Waals surface area (Å²) in [7, 11) is -3.55. The molecule has 1 atom stereocenters. The van der Waals surface area contributed by atoms with E-state index in [1.54, 1.807) is 12.1 Å². The maximum atomic E-state index is 12.6. The van der Waals surface area contributed by atoms with E-state index in [1.165, 1.54) is 11.1 Å². The van der Waals surface area contributed by atoms with Crippen molar-refractivity contribution in [3.8, 4) is 0 Å². The average molecular weight is 432 g/mol. The lowest BCUT2D eigenvalue weighted by Crippen LogP contribution is -2.38. The van der Waals surface area contributed by atoms with Crippen molar-refractivity contribution < 1.29 is 8.42 Å². The van der Waals surface area contributed by atoms with Crippen molar-refractivity contribution in [2.75, 3.05) is 13.1 Å². The smallest absolute Gasteiger partial charge is 0.241 e. The van der Waals surface area contributed by atoms with E-state index in [-0.39, 0.29) is 23.3 Å². The monoisotopic (exact) mass is 430 g/mol. The first-order chi connectivity index (χ1) is 11.0. The molecule has 1 unspecified atom stereocenters. The highest BCUT2D eigenvalue weighted by Gasteiger charge is 2.23. The molecule has 0 bridgehead atoms. The molecule has 0 radical (unpaired) electrons. The second kappa shape index (κ2) is 7.97. The molecular formula is C17H20BrClN2O2S. The summed E-state index contributed by atoms with van der Waals surface area (Å²) in [5.41, 5.74) is 3.47. The first-order valence-electron chi connectivity index (χ1n) is 7.54. The summed E-state index contributed by atoms with van der Waals surface area (Å²) in [4.78, 5) is 0.271. The maximum Gasteiger partial charge on any atom is 0.241 e. The summed E-state index contributed by atoms with van der Waals surface area (Å²) < 4.78 is 28.4. The van der Waals surface area contributed by atoms with E-state index in [9.17, 15) is 8.42 Å². The Hall–Kier alpha value is -0.920. The number of rotatable bonds is 4. The first kappa shape index (κ1) is 19.4. The van der Waals surface area contributed by atoms with Gasteiger partial charge in [-0.25, -0.2) is 13.1 Å². The fourth-order valence-electron chi connectivity index (χ4n) is 2.87. The van der Waals surface area contributed by atoms with Crippen molar-refractivity contribution in [3.63, 3.8) is 0 Å². The molecule has 1 aliphatic heterocycles. The number of aryl methyl sites for hydroxylation is 1. The summed E-state index contributed by atoms with van der Waals surface area (Å²) in [5, 5.41) is 3.38. The summed E-state index contributed by atoms with van der Waals surface area (Å²) in [6.07, 6.45) is 0.975. The molecule has 1 aliphatic rings. The number of hydrogen-bond donors (Lipinski definition) is 2. The molecule has 0 spiro atoms. The molecule has 3 rings (SSSR count). The zero-order valence-electron chi connectivity index (χ0n) is 13.3. The molecule has 2 N–H and O–H groups in total. The summed E-state index contributed by atoms with van der Waals surface area (Å²) in [6.45, 7) is 3.12. The van der Waals surface area contributed by atoms with Crippen LogP contribution in [0.1, 0.15) is 22.7 Å². The fraction of sp³-hybridized carbons (Fsp3) is 0.294. The van der Waals surface area contributed by atoms with E-state index in [0.717, 1.165) is 18.5 Å². The molecule has 0 aliphatic carbocycles. The number of fused-ring (bicyclic) bond motifs is 1. The van der Waals surface area contributed by atoms with Crippen LogP contribution in [-0.4, -0.2) is 21.5 Å². The van der Waals surface area contributed by atoms with Crippen LogP contribution in [0.4, 0.5) is 0 Å². The maximum absolute atomic E-state index is 12.6. The third kappa shape index (κ3) is 4.18. The van der Waals surface area contributed by atoms with Crippen LogP contribution < -0.4 is 10.0 Å². The lowest BCUT2D eigenvalue weighted by molar-refractivity contribution is 0.491. The lowest BCUT2D eigenvalue weighted by Gasteiger charge is -2.27. The number of benzene rings is 2. The normalized spacial score (nSPS) is 17.0. The van der Waals surface area contributed by atoms with Crippen molar-refractivity contribution in [2.24, 2.45) is 0 Å². The highest BCUT2D eigenvalue weighted by Crippen LogP contribution is 2.25. The van der Waals surface area contributed by atoms with Gasteiger partial charge in [-0.1, -0.05) is 30.3 Å². The Morgan fingerprint density at radius 1 is 1.25 bits per heavy atom. The molecule has 4 nitrogen and oxygen atoms in total. The zero-order chi connectivity index (χ0) is 16.4. The number of hydrogen-bond acceptors (Lipinski definition) is 3. The molecule has 2 aromatic rings. The first-order valence-corrected chi connectivity index (χ1v) is 9.82. The lowest BCUT2D eigenvalue weighted by atomic mass is 9.95. The van der Waals surface area contributed by atoms with Crippen molar-refractivity contribution in [3.05, 3.63) is 63.6 Å². The second-order valence-electron chi connectivity index (χ2n) is 5.74. The summed E-state index contributed by atoms with van der Waals surface area (Å²) in [5.74, 6) is 0. The molecule has 2 aromatic carbocycles. The van der Waals surface area contributed by atoms with Crippen LogP contribution in [-0.2, 0) is 16.4 Å². The molecular weight excluding hydrogens is 412 g/mol. The van der Waals surface area contributed by atoms with Crippen LogP contribution in [0.3, 0.4) is 0 Å². The van der Waals surface area contributed by atoms with Gasteiger partial charge in [-0.05, 0) is 64.6 Å². The quantitative estimate of drug-likeness (QED) is 0.780. The van der Waals surface area contributed by atoms with Crippen LogP contribution >= 0.6 is 28.3 Å². The number of sulfonamides is 1. The van der Waals surface area contributed by atoms with E-state index in [4.69, 9.17) is 0 Å². The van der Waals surface area contributed by atoms with E-state index in [0.29, 0.717) is 11.0 Å². The fourth-order valence-corrected chi connectivity index (χ4v) is 5.11. The molecule has 0 amide bonds. The summed E-state index contributed by atoms with van der Waals surface area (Å²) >= 11 is 3.34. The third-order valence-corrected chi connectivity index (χ3v) is 6.47. The van der Waals surface area contributed by atoms with Gasteiger partial charge in [0.2, 0.25) is 10.0 Å².